The second-order valence-corrected chi connectivity index (χ2v) is 10.9. The second kappa shape index (κ2) is 13.9. The third-order valence-corrected chi connectivity index (χ3v) is 7.51. The van der Waals surface area contributed by atoms with E-state index in [-0.39, 0.29) is 11.9 Å². The van der Waals surface area contributed by atoms with Crippen molar-refractivity contribution >= 4 is 46.0 Å². The maximum atomic E-state index is 12.8. The molecule has 0 spiro atoms. The number of hydrogen-bond donors (Lipinski definition) is 3. The molecule has 230 valence electrons. The molecule has 1 saturated heterocycles. The number of amides is 1. The zero-order valence-corrected chi connectivity index (χ0v) is 25.7. The van der Waals surface area contributed by atoms with E-state index < -0.39 is 6.23 Å². The molecule has 0 saturated carbocycles. The van der Waals surface area contributed by atoms with Crippen LogP contribution in [0.1, 0.15) is 0 Å². The summed E-state index contributed by atoms with van der Waals surface area (Å²) in [4.78, 5) is 28.1. The quantitative estimate of drug-likeness (QED) is 0.169. The van der Waals surface area contributed by atoms with E-state index in [0.29, 0.717) is 60.6 Å². The van der Waals surface area contributed by atoms with Crippen molar-refractivity contribution in [2.45, 2.75) is 6.23 Å². The highest BCUT2D eigenvalue weighted by Crippen LogP contribution is 2.39. The number of nitrogens with zero attached hydrogens (tertiary/aromatic N) is 7. The topological polar surface area (TPSA) is 123 Å². The van der Waals surface area contributed by atoms with Gasteiger partial charge < -0.3 is 30.3 Å². The Kier molecular flexibility index (Phi) is 9.75. The van der Waals surface area contributed by atoms with Crippen molar-refractivity contribution in [1.82, 2.24) is 29.4 Å². The molecule has 4 heterocycles. The number of hydrogen-bond acceptors (Lipinski definition) is 10. The number of benzene rings is 1. The van der Waals surface area contributed by atoms with Gasteiger partial charge in [0.05, 0.1) is 52.8 Å². The van der Waals surface area contributed by atoms with Crippen molar-refractivity contribution < 1.29 is 14.6 Å². The summed E-state index contributed by atoms with van der Waals surface area (Å²) in [5.41, 5.74) is 4.06. The fourth-order valence-corrected chi connectivity index (χ4v) is 5.28. The molecule has 3 N–H and O–H groups in total. The smallest absolute Gasteiger partial charge is 0.248 e. The molecule has 1 amide bonds. The molecule has 0 bridgehead atoms. The number of nitrogens with one attached hydrogen (secondary N) is 2. The number of carbonyl (C=O) groups excluding carboxylic acids is 1. The van der Waals surface area contributed by atoms with E-state index in [1.807, 2.05) is 54.4 Å². The van der Waals surface area contributed by atoms with E-state index >= 15 is 0 Å². The molecule has 5 rings (SSSR count). The number of halogens is 1. The second-order valence-electron chi connectivity index (χ2n) is 10.5. The van der Waals surface area contributed by atoms with Crippen molar-refractivity contribution in [3.05, 3.63) is 78.8 Å². The van der Waals surface area contributed by atoms with Crippen molar-refractivity contribution in [2.24, 2.45) is 0 Å². The highest BCUT2D eigenvalue weighted by molar-refractivity contribution is 6.33. The Bertz CT molecular complexity index is 1660. The Morgan fingerprint density at radius 1 is 1.20 bits per heavy atom. The van der Waals surface area contributed by atoms with Gasteiger partial charge in [0.1, 0.15) is 12.0 Å². The summed E-state index contributed by atoms with van der Waals surface area (Å²) >= 11 is 6.53. The maximum Gasteiger partial charge on any atom is 0.248 e. The van der Waals surface area contributed by atoms with Gasteiger partial charge >= 0.3 is 0 Å². The van der Waals surface area contributed by atoms with Crippen LogP contribution in [0.4, 0.5) is 23.0 Å². The average molecular weight is 618 g/mol. The first kappa shape index (κ1) is 31.0. The lowest BCUT2D eigenvalue weighted by Crippen LogP contribution is -2.52. The fourth-order valence-electron chi connectivity index (χ4n) is 5.08. The molecule has 4 aromatic rings. The minimum atomic E-state index is -0.554. The molecule has 1 aromatic carbocycles. The molecular formula is C31H36ClN9O3. The van der Waals surface area contributed by atoms with Crippen LogP contribution in [0.5, 0.6) is 5.75 Å². The summed E-state index contributed by atoms with van der Waals surface area (Å²) in [6.45, 7) is 6.81. The summed E-state index contributed by atoms with van der Waals surface area (Å²) in [6.07, 6.45) is 9.07. The zero-order valence-electron chi connectivity index (χ0n) is 24.9. The standard InChI is InChI=1S/C31H36ClN9O3/c1-5-6-10-28(42)35-23-16-24(27(44-4)17-26(23)39-12-14-40(15-13-39)29(43)20-38(2)3)36-31-33-19-22(32)30(37-31)21-18-34-41-11-8-7-9-25(21)41/h5-11,16-19,29,43H,1,12-15,20H2,2-4H3,(H,35,42)(H,33,36,37)/b10-6+. The van der Waals surface area contributed by atoms with Crippen LogP contribution in [-0.2, 0) is 4.79 Å². The number of piperazine rings is 1. The number of fused-ring (bicyclic) bond motifs is 1. The largest absolute Gasteiger partial charge is 0.494 e. The van der Waals surface area contributed by atoms with Gasteiger partial charge in [0.25, 0.3) is 0 Å². The van der Waals surface area contributed by atoms with Gasteiger partial charge in [-0.1, -0.05) is 36.4 Å². The monoisotopic (exact) mass is 617 g/mol. The maximum absolute atomic E-state index is 12.8. The van der Waals surface area contributed by atoms with E-state index in [9.17, 15) is 9.90 Å². The zero-order chi connectivity index (χ0) is 31.2. The minimum Gasteiger partial charge on any atom is -0.494 e. The van der Waals surface area contributed by atoms with Gasteiger partial charge in [-0.15, -0.1) is 0 Å². The first-order valence-electron chi connectivity index (χ1n) is 14.1. The van der Waals surface area contributed by atoms with Crippen LogP contribution >= 0.6 is 11.6 Å². The highest BCUT2D eigenvalue weighted by atomic mass is 35.5. The molecule has 1 aliphatic heterocycles. The van der Waals surface area contributed by atoms with Gasteiger partial charge in [-0.3, -0.25) is 9.69 Å². The summed E-state index contributed by atoms with van der Waals surface area (Å²) < 4.78 is 7.53. The summed E-state index contributed by atoms with van der Waals surface area (Å²) in [5.74, 6) is 0.518. The Balaban J connectivity index is 1.46. The normalized spacial score (nSPS) is 14.7. The number of pyridine rings is 1. The number of anilines is 4. The van der Waals surface area contributed by atoms with Gasteiger partial charge in [0, 0.05) is 56.6 Å². The number of rotatable bonds is 11. The first-order valence-corrected chi connectivity index (χ1v) is 14.5. The number of aliphatic hydroxyl groups excluding tert-OH is 1. The van der Waals surface area contributed by atoms with E-state index in [0.717, 1.165) is 16.8 Å². The van der Waals surface area contributed by atoms with Crippen molar-refractivity contribution in [3.63, 3.8) is 0 Å². The van der Waals surface area contributed by atoms with E-state index in [4.69, 9.17) is 21.3 Å². The van der Waals surface area contributed by atoms with Crippen LogP contribution in [0.25, 0.3) is 16.8 Å². The molecule has 12 nitrogen and oxygen atoms in total. The van der Waals surface area contributed by atoms with Crippen LogP contribution < -0.4 is 20.3 Å². The third kappa shape index (κ3) is 7.00. The Morgan fingerprint density at radius 2 is 2.00 bits per heavy atom. The molecule has 0 radical (unpaired) electrons. The molecule has 13 heteroatoms. The molecular weight excluding hydrogens is 582 g/mol. The third-order valence-electron chi connectivity index (χ3n) is 7.24. The van der Waals surface area contributed by atoms with Crippen molar-refractivity contribution in [1.29, 1.82) is 0 Å². The number of methoxy groups -OCH3 is 1. The molecule has 1 aliphatic rings. The predicted molar refractivity (Wildman–Crippen MR) is 174 cm³/mol. The number of likely N-dealkylation sites (N-methyl/N-ethyl adjacent to an activating group) is 1. The van der Waals surface area contributed by atoms with Crippen LogP contribution in [0, 0.1) is 0 Å². The lowest BCUT2D eigenvalue weighted by molar-refractivity contribution is -0.111. The van der Waals surface area contributed by atoms with Crippen LogP contribution in [-0.4, -0.2) is 101 Å². The van der Waals surface area contributed by atoms with E-state index in [1.54, 1.807) is 36.0 Å². The molecule has 1 atom stereocenters. The summed E-state index contributed by atoms with van der Waals surface area (Å²) in [5, 5.41) is 21.6. The first-order chi connectivity index (χ1) is 21.3. The van der Waals surface area contributed by atoms with Gasteiger partial charge in [0.2, 0.25) is 11.9 Å². The molecule has 1 unspecified atom stereocenters. The van der Waals surface area contributed by atoms with E-state index in [2.05, 4.69) is 32.2 Å². The predicted octanol–water partition coefficient (Wildman–Crippen LogP) is 3.88. The number of allylic oxidation sites excluding steroid dienone is 2. The Hall–Kier alpha value is -4.49. The summed E-state index contributed by atoms with van der Waals surface area (Å²) in [6, 6.07) is 9.44. The van der Waals surface area contributed by atoms with Gasteiger partial charge in [0.15, 0.2) is 0 Å². The van der Waals surface area contributed by atoms with Crippen molar-refractivity contribution in [3.8, 4) is 17.0 Å². The molecule has 1 fully saturated rings. The van der Waals surface area contributed by atoms with Crippen molar-refractivity contribution in [2.75, 3.05) is 69.5 Å². The van der Waals surface area contributed by atoms with Crippen LogP contribution in [0.15, 0.2) is 73.7 Å². The Morgan fingerprint density at radius 3 is 2.73 bits per heavy atom. The van der Waals surface area contributed by atoms with Crippen LogP contribution in [0.2, 0.25) is 5.02 Å². The molecule has 3 aromatic heterocycles. The number of aliphatic hydroxyl groups is 1. The number of aromatic nitrogens is 4. The number of ether oxygens (including phenoxy) is 1. The fraction of sp³-hybridized carbons (Fsp3) is 0.290. The minimum absolute atomic E-state index is 0.290. The van der Waals surface area contributed by atoms with Gasteiger partial charge in [-0.05, 0) is 32.3 Å². The SMILES string of the molecule is C=C/C=C/C(=O)Nc1cc(Nc2ncc(Cl)c(-c3cnn4ccccc34)n2)c(OC)cc1N1CCN(C(O)CN(C)C)CC1. The van der Waals surface area contributed by atoms with Crippen LogP contribution in [0.3, 0.4) is 0 Å². The summed E-state index contributed by atoms with van der Waals surface area (Å²) in [7, 11) is 5.46. The highest BCUT2D eigenvalue weighted by Gasteiger charge is 2.26. The Labute approximate surface area is 261 Å². The van der Waals surface area contributed by atoms with Gasteiger partial charge in [-0.2, -0.15) is 5.10 Å². The molecule has 44 heavy (non-hydrogen) atoms. The molecule has 0 aliphatic carbocycles. The lowest BCUT2D eigenvalue weighted by Gasteiger charge is -2.39. The van der Waals surface area contributed by atoms with Gasteiger partial charge in [-0.25, -0.2) is 14.5 Å². The number of carbonyl (C=O) groups is 1. The average Bonchev–Trinajstić information content (AvgIpc) is 3.45. The van der Waals surface area contributed by atoms with E-state index in [1.165, 1.54) is 12.3 Å². The lowest BCUT2D eigenvalue weighted by atomic mass is 10.1.